The van der Waals surface area contributed by atoms with Crippen LogP contribution in [-0.2, 0) is 14.3 Å². The summed E-state index contributed by atoms with van der Waals surface area (Å²) < 4.78 is 25.8. The first-order valence-electron chi connectivity index (χ1n) is 9.43. The molecule has 0 aromatic heterocycles. The molecule has 0 aliphatic heterocycles. The van der Waals surface area contributed by atoms with Gasteiger partial charge in [-0.2, -0.15) is 0 Å². The van der Waals surface area contributed by atoms with Crippen molar-refractivity contribution >= 4 is 29.3 Å². The van der Waals surface area contributed by atoms with Crippen molar-refractivity contribution in [3.05, 3.63) is 54.2 Å². The van der Waals surface area contributed by atoms with Gasteiger partial charge in [-0.25, -0.2) is 4.79 Å². The first-order valence-corrected chi connectivity index (χ1v) is 9.43. The standard InChI is InChI=1S/C23H26N2O7/c1-28-16-13-20(30-3)17(21(14-16)31-4)7-9-22(26)25-15-6-8-19(29-2)18(12-15)24-11-10-23(27)32-5/h6-14,24H,1-5H3,(H,25,26). The Morgan fingerprint density at radius 1 is 0.812 bits per heavy atom. The minimum absolute atomic E-state index is 0.369. The maximum Gasteiger partial charge on any atom is 0.331 e. The van der Waals surface area contributed by atoms with E-state index in [0.717, 1.165) is 0 Å². The van der Waals surface area contributed by atoms with E-state index in [-0.39, 0.29) is 5.91 Å². The van der Waals surface area contributed by atoms with E-state index in [0.29, 0.717) is 39.9 Å². The van der Waals surface area contributed by atoms with Gasteiger partial charge in [0.25, 0.3) is 0 Å². The monoisotopic (exact) mass is 442 g/mol. The van der Waals surface area contributed by atoms with Gasteiger partial charge in [0.1, 0.15) is 23.0 Å². The maximum atomic E-state index is 12.5. The van der Waals surface area contributed by atoms with E-state index in [1.807, 2.05) is 0 Å². The normalized spacial score (nSPS) is 10.7. The summed E-state index contributed by atoms with van der Waals surface area (Å²) in [6.45, 7) is 0. The Bertz CT molecular complexity index is 990. The molecule has 0 atom stereocenters. The van der Waals surface area contributed by atoms with Crippen LogP contribution in [0, 0.1) is 0 Å². The third-order valence-corrected chi connectivity index (χ3v) is 4.28. The molecule has 0 aliphatic carbocycles. The number of methoxy groups -OCH3 is 5. The molecular weight excluding hydrogens is 416 g/mol. The lowest BCUT2D eigenvalue weighted by molar-refractivity contribution is -0.134. The van der Waals surface area contributed by atoms with E-state index in [1.54, 1.807) is 43.5 Å². The lowest BCUT2D eigenvalue weighted by Crippen LogP contribution is -2.08. The lowest BCUT2D eigenvalue weighted by Gasteiger charge is -2.13. The van der Waals surface area contributed by atoms with E-state index in [4.69, 9.17) is 18.9 Å². The predicted molar refractivity (Wildman–Crippen MR) is 122 cm³/mol. The molecule has 1 amide bonds. The average Bonchev–Trinajstić information content (AvgIpc) is 2.82. The van der Waals surface area contributed by atoms with Gasteiger partial charge in [0.05, 0.1) is 46.8 Å². The average molecular weight is 442 g/mol. The second kappa shape index (κ2) is 11.9. The van der Waals surface area contributed by atoms with Crippen molar-refractivity contribution in [2.24, 2.45) is 0 Å². The lowest BCUT2D eigenvalue weighted by atomic mass is 10.1. The summed E-state index contributed by atoms with van der Waals surface area (Å²) in [5, 5.41) is 5.69. The fourth-order valence-corrected chi connectivity index (χ4v) is 2.71. The first-order chi connectivity index (χ1) is 15.4. The Morgan fingerprint density at radius 2 is 1.47 bits per heavy atom. The Balaban J connectivity index is 2.19. The van der Waals surface area contributed by atoms with Crippen LogP contribution < -0.4 is 29.6 Å². The van der Waals surface area contributed by atoms with Crippen LogP contribution in [0.2, 0.25) is 0 Å². The van der Waals surface area contributed by atoms with Crippen molar-refractivity contribution in [1.82, 2.24) is 0 Å². The van der Waals surface area contributed by atoms with Gasteiger partial charge >= 0.3 is 5.97 Å². The number of anilines is 2. The Morgan fingerprint density at radius 3 is 2.03 bits per heavy atom. The minimum atomic E-state index is -0.504. The van der Waals surface area contributed by atoms with Gasteiger partial charge in [0, 0.05) is 36.2 Å². The molecule has 0 radical (unpaired) electrons. The summed E-state index contributed by atoms with van der Waals surface area (Å²) in [5.74, 6) is 1.22. The molecule has 2 N–H and O–H groups in total. The summed E-state index contributed by atoms with van der Waals surface area (Å²) in [5.41, 5.74) is 1.66. The zero-order valence-corrected chi connectivity index (χ0v) is 18.6. The Kier molecular flexibility index (Phi) is 8.97. The number of carbonyl (C=O) groups is 2. The molecule has 0 aliphatic rings. The second-order valence-corrected chi connectivity index (χ2v) is 6.18. The number of carbonyl (C=O) groups excluding carboxylic acids is 2. The molecule has 2 rings (SSSR count). The summed E-state index contributed by atoms with van der Waals surface area (Å²) >= 11 is 0. The van der Waals surface area contributed by atoms with Gasteiger partial charge in [-0.1, -0.05) is 0 Å². The molecule has 0 heterocycles. The number of esters is 1. The van der Waals surface area contributed by atoms with Crippen molar-refractivity contribution in [3.8, 4) is 23.0 Å². The molecule has 0 unspecified atom stereocenters. The summed E-state index contributed by atoms with van der Waals surface area (Å²) in [7, 11) is 7.38. The third kappa shape index (κ3) is 6.43. The Hall–Kier alpha value is -4.14. The highest BCUT2D eigenvalue weighted by Crippen LogP contribution is 2.35. The molecule has 2 aromatic carbocycles. The van der Waals surface area contributed by atoms with E-state index in [2.05, 4.69) is 15.4 Å². The van der Waals surface area contributed by atoms with E-state index in [9.17, 15) is 9.59 Å². The van der Waals surface area contributed by atoms with Gasteiger partial charge in [-0.15, -0.1) is 0 Å². The number of benzene rings is 2. The third-order valence-electron chi connectivity index (χ3n) is 4.28. The fourth-order valence-electron chi connectivity index (χ4n) is 2.71. The van der Waals surface area contributed by atoms with Crippen LogP contribution in [0.1, 0.15) is 5.56 Å². The molecule has 0 saturated heterocycles. The van der Waals surface area contributed by atoms with Gasteiger partial charge < -0.3 is 34.3 Å². The number of ether oxygens (including phenoxy) is 5. The molecular formula is C23H26N2O7. The van der Waals surface area contributed by atoms with Crippen molar-refractivity contribution in [2.45, 2.75) is 0 Å². The van der Waals surface area contributed by atoms with Crippen LogP contribution in [0.15, 0.2) is 48.7 Å². The van der Waals surface area contributed by atoms with Crippen LogP contribution >= 0.6 is 0 Å². The number of amides is 1. The van der Waals surface area contributed by atoms with Gasteiger partial charge in [0.15, 0.2) is 0 Å². The molecule has 9 nitrogen and oxygen atoms in total. The van der Waals surface area contributed by atoms with Gasteiger partial charge in [-0.05, 0) is 24.3 Å². The van der Waals surface area contributed by atoms with Gasteiger partial charge in [-0.3, -0.25) is 4.79 Å². The zero-order valence-electron chi connectivity index (χ0n) is 18.6. The van der Waals surface area contributed by atoms with Crippen LogP contribution in [0.25, 0.3) is 6.08 Å². The topological polar surface area (TPSA) is 104 Å². The van der Waals surface area contributed by atoms with E-state index < -0.39 is 5.97 Å². The van der Waals surface area contributed by atoms with Crippen LogP contribution in [0.3, 0.4) is 0 Å². The SMILES string of the molecule is COC(=O)C=CNc1cc(NC(=O)C=Cc2c(OC)cc(OC)cc2OC)ccc1OC. The number of hydrogen-bond donors (Lipinski definition) is 2. The summed E-state index contributed by atoms with van der Waals surface area (Å²) in [4.78, 5) is 23.7. The fraction of sp³-hybridized carbons (Fsp3) is 0.217. The van der Waals surface area contributed by atoms with Crippen molar-refractivity contribution in [3.63, 3.8) is 0 Å². The minimum Gasteiger partial charge on any atom is -0.496 e. The first kappa shape index (κ1) is 24.1. The zero-order chi connectivity index (χ0) is 23.5. The predicted octanol–water partition coefficient (Wildman–Crippen LogP) is 3.47. The number of nitrogens with one attached hydrogen (secondary N) is 2. The van der Waals surface area contributed by atoms with Crippen molar-refractivity contribution in [1.29, 1.82) is 0 Å². The largest absolute Gasteiger partial charge is 0.496 e. The Labute approximate surface area is 186 Å². The summed E-state index contributed by atoms with van der Waals surface area (Å²) in [6, 6.07) is 8.44. The summed E-state index contributed by atoms with van der Waals surface area (Å²) in [6.07, 6.45) is 5.59. The van der Waals surface area contributed by atoms with Crippen LogP contribution in [0.4, 0.5) is 11.4 Å². The molecule has 170 valence electrons. The highest BCUT2D eigenvalue weighted by molar-refractivity contribution is 6.02. The maximum absolute atomic E-state index is 12.5. The number of rotatable bonds is 10. The van der Waals surface area contributed by atoms with Crippen LogP contribution in [-0.4, -0.2) is 47.4 Å². The van der Waals surface area contributed by atoms with Gasteiger partial charge in [0.2, 0.25) is 5.91 Å². The highest BCUT2D eigenvalue weighted by atomic mass is 16.5. The number of hydrogen-bond acceptors (Lipinski definition) is 8. The molecule has 0 spiro atoms. The smallest absolute Gasteiger partial charge is 0.331 e. The molecule has 0 saturated carbocycles. The highest BCUT2D eigenvalue weighted by Gasteiger charge is 2.12. The molecule has 32 heavy (non-hydrogen) atoms. The molecule has 9 heteroatoms. The quantitative estimate of drug-likeness (QED) is 0.426. The molecule has 0 bridgehead atoms. The molecule has 2 aromatic rings. The second-order valence-electron chi connectivity index (χ2n) is 6.18. The van der Waals surface area contributed by atoms with Crippen molar-refractivity contribution in [2.75, 3.05) is 46.2 Å². The van der Waals surface area contributed by atoms with E-state index >= 15 is 0 Å². The van der Waals surface area contributed by atoms with Crippen LogP contribution in [0.5, 0.6) is 23.0 Å². The van der Waals surface area contributed by atoms with E-state index in [1.165, 1.54) is 46.8 Å². The molecule has 0 fully saturated rings. The van der Waals surface area contributed by atoms with Crippen molar-refractivity contribution < 1.29 is 33.3 Å².